The zero-order valence-corrected chi connectivity index (χ0v) is 11.4. The Morgan fingerprint density at radius 2 is 2.11 bits per heavy atom. The molecule has 2 rings (SSSR count). The number of amides is 1. The van der Waals surface area contributed by atoms with Crippen LogP contribution in [-0.2, 0) is 11.3 Å². The number of nitrogens with zero attached hydrogens (tertiary/aromatic N) is 2. The monoisotopic (exact) mass is 264 g/mol. The number of aromatic nitrogens is 1. The van der Waals surface area contributed by atoms with E-state index in [0.717, 1.165) is 28.9 Å². The first-order valence-electron chi connectivity index (χ1n) is 6.03. The maximum Gasteiger partial charge on any atom is 0.222 e. The fraction of sp³-hybridized carbons (Fsp3) is 0.357. The van der Waals surface area contributed by atoms with Crippen LogP contribution in [0.3, 0.4) is 0 Å². The summed E-state index contributed by atoms with van der Waals surface area (Å²) in [6.07, 6.45) is 3.44. The third-order valence-corrected chi connectivity index (χ3v) is 3.38. The van der Waals surface area contributed by atoms with Gasteiger partial charge in [-0.3, -0.25) is 4.79 Å². The molecule has 0 aliphatic rings. The van der Waals surface area contributed by atoms with Crippen molar-refractivity contribution in [1.29, 1.82) is 0 Å². The largest absolute Gasteiger partial charge is 0.349 e. The number of carbonyl (C=O) groups is 1. The zero-order chi connectivity index (χ0) is 13.1. The lowest BCUT2D eigenvalue weighted by Gasteiger charge is -2.10. The van der Waals surface area contributed by atoms with Crippen LogP contribution >= 0.6 is 11.6 Å². The lowest BCUT2D eigenvalue weighted by Crippen LogP contribution is -2.21. The predicted molar refractivity (Wildman–Crippen MR) is 74.9 cm³/mol. The smallest absolute Gasteiger partial charge is 0.222 e. The lowest BCUT2D eigenvalue weighted by molar-refractivity contribution is -0.128. The molecule has 0 N–H and O–H groups in total. The summed E-state index contributed by atoms with van der Waals surface area (Å²) in [6, 6.07) is 7.91. The molecule has 1 amide bonds. The summed E-state index contributed by atoms with van der Waals surface area (Å²) < 4.78 is 2.14. The highest BCUT2D eigenvalue weighted by molar-refractivity contribution is 6.35. The molecule has 1 aromatic carbocycles. The average Bonchev–Trinajstić information content (AvgIpc) is 2.74. The van der Waals surface area contributed by atoms with Gasteiger partial charge in [-0.2, -0.15) is 0 Å². The summed E-state index contributed by atoms with van der Waals surface area (Å²) >= 11 is 6.12. The first-order valence-corrected chi connectivity index (χ1v) is 6.41. The third-order valence-electron chi connectivity index (χ3n) is 3.05. The second-order valence-electron chi connectivity index (χ2n) is 4.57. The molecule has 0 saturated heterocycles. The standard InChI is InChI=1S/C14H17ClN2O/c1-16(2)14(18)7-4-9-17-10-8-11-12(15)5-3-6-13(11)17/h3,5-6,8,10H,4,7,9H2,1-2H3. The van der Waals surface area contributed by atoms with Crippen LogP contribution in [0, 0.1) is 0 Å². The fourth-order valence-electron chi connectivity index (χ4n) is 2.01. The van der Waals surface area contributed by atoms with Crippen LogP contribution < -0.4 is 0 Å². The van der Waals surface area contributed by atoms with E-state index in [1.54, 1.807) is 19.0 Å². The van der Waals surface area contributed by atoms with E-state index < -0.39 is 0 Å². The summed E-state index contributed by atoms with van der Waals surface area (Å²) in [4.78, 5) is 13.1. The van der Waals surface area contributed by atoms with Crippen molar-refractivity contribution in [3.63, 3.8) is 0 Å². The quantitative estimate of drug-likeness (QED) is 0.833. The van der Waals surface area contributed by atoms with Crippen LogP contribution in [0.4, 0.5) is 0 Å². The van der Waals surface area contributed by atoms with Gasteiger partial charge in [0.05, 0.1) is 0 Å². The van der Waals surface area contributed by atoms with E-state index in [1.807, 2.05) is 24.4 Å². The molecule has 1 heterocycles. The fourth-order valence-corrected chi connectivity index (χ4v) is 2.24. The lowest BCUT2D eigenvalue weighted by atomic mass is 10.2. The maximum absolute atomic E-state index is 11.5. The predicted octanol–water partition coefficient (Wildman–Crippen LogP) is 3.16. The van der Waals surface area contributed by atoms with E-state index in [-0.39, 0.29) is 5.91 Å². The second-order valence-corrected chi connectivity index (χ2v) is 4.98. The van der Waals surface area contributed by atoms with E-state index >= 15 is 0 Å². The highest BCUT2D eigenvalue weighted by Crippen LogP contribution is 2.24. The Morgan fingerprint density at radius 3 is 2.83 bits per heavy atom. The normalized spacial score (nSPS) is 10.8. The number of hydrogen-bond acceptors (Lipinski definition) is 1. The van der Waals surface area contributed by atoms with Gasteiger partial charge in [-0.15, -0.1) is 0 Å². The van der Waals surface area contributed by atoms with Crippen LogP contribution in [0.15, 0.2) is 30.5 Å². The Hall–Kier alpha value is -1.48. The van der Waals surface area contributed by atoms with Gasteiger partial charge in [-0.1, -0.05) is 17.7 Å². The Balaban J connectivity index is 2.05. The summed E-state index contributed by atoms with van der Waals surface area (Å²) in [7, 11) is 3.57. The molecule has 3 nitrogen and oxygen atoms in total. The van der Waals surface area contributed by atoms with E-state index in [9.17, 15) is 4.79 Å². The van der Waals surface area contributed by atoms with Gasteiger partial charge < -0.3 is 9.47 Å². The molecule has 0 spiro atoms. The Kier molecular flexibility index (Phi) is 3.92. The van der Waals surface area contributed by atoms with Crippen LogP contribution in [0.1, 0.15) is 12.8 Å². The first kappa shape index (κ1) is 13.0. The number of hydrogen-bond donors (Lipinski definition) is 0. The molecular weight excluding hydrogens is 248 g/mol. The first-order chi connectivity index (χ1) is 8.59. The van der Waals surface area contributed by atoms with Crippen molar-refractivity contribution in [2.45, 2.75) is 19.4 Å². The van der Waals surface area contributed by atoms with Crippen LogP contribution in [0.2, 0.25) is 5.02 Å². The minimum Gasteiger partial charge on any atom is -0.349 e. The molecule has 2 aromatic rings. The number of halogens is 1. The van der Waals surface area contributed by atoms with Crippen LogP contribution in [0.5, 0.6) is 0 Å². The molecular formula is C14H17ClN2O. The van der Waals surface area contributed by atoms with E-state index in [2.05, 4.69) is 10.6 Å². The molecule has 0 atom stereocenters. The van der Waals surface area contributed by atoms with Crippen molar-refractivity contribution in [3.05, 3.63) is 35.5 Å². The van der Waals surface area contributed by atoms with Crippen molar-refractivity contribution < 1.29 is 4.79 Å². The van der Waals surface area contributed by atoms with Gasteiger partial charge in [0.15, 0.2) is 0 Å². The molecule has 0 saturated carbocycles. The topological polar surface area (TPSA) is 25.2 Å². The highest BCUT2D eigenvalue weighted by atomic mass is 35.5. The second kappa shape index (κ2) is 5.44. The average molecular weight is 265 g/mol. The van der Waals surface area contributed by atoms with E-state index in [0.29, 0.717) is 6.42 Å². The van der Waals surface area contributed by atoms with Gasteiger partial charge in [0.2, 0.25) is 5.91 Å². The number of rotatable bonds is 4. The molecule has 0 bridgehead atoms. The van der Waals surface area contributed by atoms with Gasteiger partial charge in [0, 0.05) is 49.2 Å². The summed E-state index contributed by atoms with van der Waals surface area (Å²) in [6.45, 7) is 0.837. The molecule has 4 heteroatoms. The van der Waals surface area contributed by atoms with Crippen LogP contribution in [-0.4, -0.2) is 29.5 Å². The van der Waals surface area contributed by atoms with Crippen molar-refractivity contribution >= 4 is 28.4 Å². The minimum absolute atomic E-state index is 0.171. The summed E-state index contributed by atoms with van der Waals surface area (Å²) in [5, 5.41) is 1.84. The summed E-state index contributed by atoms with van der Waals surface area (Å²) in [5.41, 5.74) is 1.12. The zero-order valence-electron chi connectivity index (χ0n) is 10.7. The molecule has 18 heavy (non-hydrogen) atoms. The highest BCUT2D eigenvalue weighted by Gasteiger charge is 2.06. The van der Waals surface area contributed by atoms with Gasteiger partial charge >= 0.3 is 0 Å². The van der Waals surface area contributed by atoms with Crippen LogP contribution in [0.25, 0.3) is 10.9 Å². The third kappa shape index (κ3) is 2.67. The number of carbonyl (C=O) groups excluding carboxylic acids is 1. The molecule has 0 radical (unpaired) electrons. The molecule has 96 valence electrons. The van der Waals surface area contributed by atoms with Crippen molar-refractivity contribution in [3.8, 4) is 0 Å². The Labute approximate surface area is 112 Å². The van der Waals surface area contributed by atoms with Gasteiger partial charge in [0.1, 0.15) is 0 Å². The van der Waals surface area contributed by atoms with Gasteiger partial charge in [-0.25, -0.2) is 0 Å². The Bertz CT molecular complexity index is 560. The summed E-state index contributed by atoms with van der Waals surface area (Å²) in [5.74, 6) is 0.171. The number of aryl methyl sites for hydroxylation is 1. The Morgan fingerprint density at radius 1 is 1.33 bits per heavy atom. The molecule has 0 unspecified atom stereocenters. The van der Waals surface area contributed by atoms with Crippen molar-refractivity contribution in [1.82, 2.24) is 9.47 Å². The minimum atomic E-state index is 0.171. The van der Waals surface area contributed by atoms with Gasteiger partial charge in [-0.05, 0) is 24.6 Å². The van der Waals surface area contributed by atoms with Gasteiger partial charge in [0.25, 0.3) is 0 Å². The number of fused-ring (bicyclic) bond motifs is 1. The molecule has 0 fully saturated rings. The molecule has 0 aliphatic heterocycles. The SMILES string of the molecule is CN(C)C(=O)CCCn1ccc2c(Cl)cccc21. The molecule has 1 aromatic heterocycles. The molecule has 0 aliphatic carbocycles. The van der Waals surface area contributed by atoms with Crippen molar-refractivity contribution in [2.24, 2.45) is 0 Å². The van der Waals surface area contributed by atoms with E-state index in [4.69, 9.17) is 11.6 Å². The van der Waals surface area contributed by atoms with Crippen molar-refractivity contribution in [2.75, 3.05) is 14.1 Å². The maximum atomic E-state index is 11.5. The number of benzene rings is 1. The van der Waals surface area contributed by atoms with E-state index in [1.165, 1.54) is 0 Å².